The maximum absolute atomic E-state index is 14.3. The van der Waals surface area contributed by atoms with E-state index in [0.717, 1.165) is 52.2 Å². The van der Waals surface area contributed by atoms with Crippen LogP contribution < -0.4 is 24.2 Å². The van der Waals surface area contributed by atoms with E-state index in [0.29, 0.717) is 77.1 Å². The van der Waals surface area contributed by atoms with Crippen molar-refractivity contribution in [1.29, 1.82) is 0 Å². The normalized spacial score (nSPS) is 21.3. The number of benzene rings is 3. The SMILES string of the molecule is CCOc1cc(CN2CSC[C@@H]2C(=O)N2CCN(C3CC3)c3ccccc32)c(OCC)cc1CN1CCC2(CC1)CN(c1ccc(C(=O)O)cc1)C(=O)C2=O. The van der Waals surface area contributed by atoms with Crippen molar-refractivity contribution in [2.24, 2.45) is 5.41 Å². The van der Waals surface area contributed by atoms with Crippen LogP contribution in [0.25, 0.3) is 0 Å². The third-order valence-electron chi connectivity index (χ3n) is 11.8. The number of carbonyl (C=O) groups excluding carboxylic acids is 3. The van der Waals surface area contributed by atoms with Crippen molar-refractivity contribution in [3.63, 3.8) is 0 Å². The van der Waals surface area contributed by atoms with Gasteiger partial charge in [-0.1, -0.05) is 12.1 Å². The van der Waals surface area contributed by atoms with E-state index in [4.69, 9.17) is 9.47 Å². The summed E-state index contributed by atoms with van der Waals surface area (Å²) in [5, 5.41) is 9.27. The lowest BCUT2D eigenvalue weighted by Gasteiger charge is -2.39. The molecule has 55 heavy (non-hydrogen) atoms. The van der Waals surface area contributed by atoms with Gasteiger partial charge in [0, 0.05) is 67.2 Å². The molecule has 2 amide bonds. The number of rotatable bonds is 12. The molecule has 4 aliphatic heterocycles. The number of ether oxygens (including phenoxy) is 2. The number of amides is 2. The number of fused-ring (bicyclic) bond motifs is 1. The van der Waals surface area contributed by atoms with Gasteiger partial charge < -0.3 is 29.3 Å². The molecule has 4 fully saturated rings. The van der Waals surface area contributed by atoms with Crippen LogP contribution in [0.2, 0.25) is 0 Å². The first-order chi connectivity index (χ1) is 26.7. The van der Waals surface area contributed by atoms with Crippen LogP contribution in [0.4, 0.5) is 17.1 Å². The molecule has 4 heterocycles. The Hall–Kier alpha value is -4.59. The zero-order valence-corrected chi connectivity index (χ0v) is 32.4. The number of nitrogens with zero attached hydrogens (tertiary/aromatic N) is 5. The Kier molecular flexibility index (Phi) is 10.5. The number of para-hydroxylation sites is 2. The minimum Gasteiger partial charge on any atom is -0.494 e. The van der Waals surface area contributed by atoms with E-state index in [1.54, 1.807) is 23.9 Å². The number of ketones is 1. The largest absolute Gasteiger partial charge is 0.494 e. The third kappa shape index (κ3) is 7.29. The topological polar surface area (TPSA) is 123 Å². The Morgan fingerprint density at radius 3 is 2.15 bits per heavy atom. The number of carbonyl (C=O) groups is 4. The molecule has 1 atom stereocenters. The molecular weight excluding hydrogens is 719 g/mol. The summed E-state index contributed by atoms with van der Waals surface area (Å²) in [5.41, 5.74) is 4.05. The number of carboxylic acids is 1. The first kappa shape index (κ1) is 37.3. The quantitative estimate of drug-likeness (QED) is 0.243. The number of hydrogen-bond acceptors (Lipinski definition) is 10. The molecule has 3 aromatic carbocycles. The molecule has 8 rings (SSSR count). The Morgan fingerprint density at radius 2 is 1.51 bits per heavy atom. The van der Waals surface area contributed by atoms with Crippen LogP contribution >= 0.6 is 11.8 Å². The first-order valence-electron chi connectivity index (χ1n) is 19.5. The van der Waals surface area contributed by atoms with E-state index in [-0.39, 0.29) is 23.3 Å². The van der Waals surface area contributed by atoms with Crippen molar-refractivity contribution in [3.05, 3.63) is 77.4 Å². The lowest BCUT2D eigenvalue weighted by Crippen LogP contribution is -2.52. The molecule has 1 spiro atoms. The van der Waals surface area contributed by atoms with Crippen molar-refractivity contribution in [2.75, 3.05) is 72.3 Å². The zero-order valence-electron chi connectivity index (χ0n) is 31.6. The maximum atomic E-state index is 14.3. The van der Waals surface area contributed by atoms with E-state index in [1.165, 1.54) is 29.9 Å². The highest BCUT2D eigenvalue weighted by molar-refractivity contribution is 7.99. The number of Topliss-reactive ketones (excluding diaryl/α,β-unsaturated/α-hetero) is 1. The van der Waals surface area contributed by atoms with Gasteiger partial charge in [0.2, 0.25) is 11.7 Å². The molecule has 1 N–H and O–H groups in total. The Bertz CT molecular complexity index is 1960. The number of anilines is 3. The molecule has 1 aliphatic carbocycles. The summed E-state index contributed by atoms with van der Waals surface area (Å²) in [6.07, 6.45) is 3.53. The van der Waals surface area contributed by atoms with Crippen molar-refractivity contribution in [1.82, 2.24) is 9.80 Å². The summed E-state index contributed by atoms with van der Waals surface area (Å²) in [6, 6.07) is 18.9. The number of thioether (sulfide) groups is 1. The molecule has 0 bridgehead atoms. The van der Waals surface area contributed by atoms with Crippen LogP contribution in [0.5, 0.6) is 11.5 Å². The minimum absolute atomic E-state index is 0.130. The van der Waals surface area contributed by atoms with Gasteiger partial charge >= 0.3 is 5.97 Å². The highest BCUT2D eigenvalue weighted by Gasteiger charge is 2.53. The van der Waals surface area contributed by atoms with Crippen molar-refractivity contribution in [2.45, 2.75) is 64.7 Å². The molecule has 0 radical (unpaired) electrons. The molecule has 3 saturated heterocycles. The molecule has 0 aromatic heterocycles. The van der Waals surface area contributed by atoms with Gasteiger partial charge in [0.1, 0.15) is 11.5 Å². The van der Waals surface area contributed by atoms with Gasteiger partial charge in [-0.25, -0.2) is 4.79 Å². The standard InChI is InChI=1S/C42H49N5O7S/c1-3-53-36-22-30(24-44-27-55-25-35(44)39(49)46-20-19-45(31-13-14-31)33-7-5-6-8-34(33)46)37(54-4-2)21-29(36)23-43-17-15-42(16-18-43)26-47(40(50)38(42)48)32-11-9-28(10-12-32)41(51)52/h5-12,21-22,31,35H,3-4,13-20,23-27H2,1-2H3,(H,51,52)/t35-/m1/s1. The molecular formula is C42H49N5O7S. The summed E-state index contributed by atoms with van der Waals surface area (Å²) in [7, 11) is 0. The first-order valence-corrected chi connectivity index (χ1v) is 20.7. The second-order valence-electron chi connectivity index (χ2n) is 15.2. The number of hydrogen-bond donors (Lipinski definition) is 1. The molecule has 0 unspecified atom stereocenters. The fourth-order valence-corrected chi connectivity index (χ4v) is 9.85. The highest BCUT2D eigenvalue weighted by Crippen LogP contribution is 2.43. The number of carboxylic acid groups (broad SMARTS) is 1. The van der Waals surface area contributed by atoms with Crippen LogP contribution in [0.1, 0.15) is 61.0 Å². The monoisotopic (exact) mass is 767 g/mol. The van der Waals surface area contributed by atoms with Crippen LogP contribution in [-0.2, 0) is 27.5 Å². The van der Waals surface area contributed by atoms with Gasteiger partial charge in [0.05, 0.1) is 41.6 Å². The smallest absolute Gasteiger partial charge is 0.335 e. The second kappa shape index (κ2) is 15.5. The Labute approximate surface area is 326 Å². The highest BCUT2D eigenvalue weighted by atomic mass is 32.2. The van der Waals surface area contributed by atoms with E-state index < -0.39 is 17.3 Å². The summed E-state index contributed by atoms with van der Waals surface area (Å²) < 4.78 is 12.5. The van der Waals surface area contributed by atoms with Gasteiger partial charge in [-0.05, 0) is 101 Å². The van der Waals surface area contributed by atoms with Gasteiger partial charge in [0.15, 0.2) is 0 Å². The van der Waals surface area contributed by atoms with Gasteiger partial charge in [-0.3, -0.25) is 24.2 Å². The molecule has 12 nitrogen and oxygen atoms in total. The number of likely N-dealkylation sites (tertiary alicyclic amines) is 1. The fraction of sp³-hybridized carbons (Fsp3) is 0.476. The van der Waals surface area contributed by atoms with Crippen LogP contribution in [0.15, 0.2) is 60.7 Å². The predicted molar refractivity (Wildman–Crippen MR) is 212 cm³/mol. The number of piperidine rings is 1. The van der Waals surface area contributed by atoms with Crippen LogP contribution in [0.3, 0.4) is 0 Å². The average Bonchev–Trinajstić information content (AvgIpc) is 3.89. The van der Waals surface area contributed by atoms with E-state index >= 15 is 0 Å². The summed E-state index contributed by atoms with van der Waals surface area (Å²) in [6.45, 7) is 9.21. The summed E-state index contributed by atoms with van der Waals surface area (Å²) >= 11 is 1.79. The van der Waals surface area contributed by atoms with Crippen molar-refractivity contribution < 1.29 is 33.8 Å². The average molecular weight is 768 g/mol. The van der Waals surface area contributed by atoms with E-state index in [9.17, 15) is 24.3 Å². The Balaban J connectivity index is 0.959. The molecule has 3 aromatic rings. The van der Waals surface area contributed by atoms with E-state index in [2.05, 4.69) is 45.0 Å². The Morgan fingerprint density at radius 1 is 0.855 bits per heavy atom. The predicted octanol–water partition coefficient (Wildman–Crippen LogP) is 5.27. The van der Waals surface area contributed by atoms with Crippen molar-refractivity contribution in [3.8, 4) is 11.5 Å². The zero-order chi connectivity index (χ0) is 38.3. The lowest BCUT2D eigenvalue weighted by molar-refractivity contribution is -0.139. The summed E-state index contributed by atoms with van der Waals surface area (Å²) in [5.74, 6) is 1.26. The van der Waals surface area contributed by atoms with Gasteiger partial charge in [-0.2, -0.15) is 0 Å². The van der Waals surface area contributed by atoms with Crippen molar-refractivity contribution >= 4 is 52.4 Å². The fourth-order valence-electron chi connectivity index (χ4n) is 8.66. The lowest BCUT2D eigenvalue weighted by atomic mass is 9.76. The number of aromatic carboxylic acids is 1. The molecule has 5 aliphatic rings. The third-order valence-corrected chi connectivity index (χ3v) is 12.9. The second-order valence-corrected chi connectivity index (χ2v) is 16.2. The molecule has 13 heteroatoms. The van der Waals surface area contributed by atoms with E-state index in [1.807, 2.05) is 24.8 Å². The van der Waals surface area contributed by atoms with Crippen LogP contribution in [-0.4, -0.2) is 108 Å². The summed E-state index contributed by atoms with van der Waals surface area (Å²) in [4.78, 5) is 62.7. The minimum atomic E-state index is -1.04. The molecule has 1 saturated carbocycles. The van der Waals surface area contributed by atoms with Gasteiger partial charge in [-0.15, -0.1) is 11.8 Å². The molecule has 290 valence electrons. The van der Waals surface area contributed by atoms with Gasteiger partial charge in [0.25, 0.3) is 5.91 Å². The maximum Gasteiger partial charge on any atom is 0.335 e. The van der Waals surface area contributed by atoms with Crippen LogP contribution in [0, 0.1) is 5.41 Å².